The quantitative estimate of drug-likeness (QED) is 0.371. The molecule has 5 rings (SSSR count). The number of pyridine rings is 1. The average molecular weight is 406 g/mol. The van der Waals surface area contributed by atoms with Crippen molar-refractivity contribution in [2.75, 3.05) is 19.0 Å². The van der Waals surface area contributed by atoms with Crippen LogP contribution >= 0.6 is 0 Å². The van der Waals surface area contributed by atoms with E-state index >= 15 is 0 Å². The van der Waals surface area contributed by atoms with Gasteiger partial charge in [0.25, 0.3) is 0 Å². The molecule has 31 heavy (non-hydrogen) atoms. The third-order valence-corrected chi connectivity index (χ3v) is 6.28. The lowest BCUT2D eigenvalue weighted by Gasteiger charge is -2.20. The first-order chi connectivity index (χ1) is 15.2. The first-order valence-corrected chi connectivity index (χ1v) is 11.2. The molecule has 1 aliphatic carbocycles. The number of anilines is 1. The van der Waals surface area contributed by atoms with E-state index in [4.69, 9.17) is 0 Å². The average Bonchev–Trinajstić information content (AvgIpc) is 2.80. The highest BCUT2D eigenvalue weighted by atomic mass is 15.1. The van der Waals surface area contributed by atoms with Gasteiger partial charge in [0.15, 0.2) is 12.7 Å². The molecular formula is C29H29N2+. The molecule has 0 saturated carbocycles. The number of aryl methyl sites for hydroxylation is 1. The van der Waals surface area contributed by atoms with Crippen LogP contribution in [0.15, 0.2) is 85.1 Å². The zero-order valence-electron chi connectivity index (χ0n) is 18.4. The molecular weight excluding hydrogens is 376 g/mol. The lowest BCUT2D eigenvalue weighted by molar-refractivity contribution is -0.662. The Kier molecular flexibility index (Phi) is 5.30. The molecule has 3 aromatic carbocycles. The normalized spacial score (nSPS) is 14.6. The van der Waals surface area contributed by atoms with Gasteiger partial charge < -0.3 is 4.90 Å². The smallest absolute Gasteiger partial charge is 0.213 e. The fourth-order valence-electron chi connectivity index (χ4n) is 4.72. The van der Waals surface area contributed by atoms with Gasteiger partial charge in [0.2, 0.25) is 5.52 Å². The minimum atomic E-state index is 0.902. The number of aromatic nitrogens is 1. The van der Waals surface area contributed by atoms with Crippen LogP contribution in [0.4, 0.5) is 5.69 Å². The van der Waals surface area contributed by atoms with Crippen LogP contribution < -0.4 is 9.47 Å². The van der Waals surface area contributed by atoms with Gasteiger partial charge in [-0.15, -0.1) is 0 Å². The zero-order valence-corrected chi connectivity index (χ0v) is 18.4. The van der Waals surface area contributed by atoms with Gasteiger partial charge in [-0.25, -0.2) is 0 Å². The summed E-state index contributed by atoms with van der Waals surface area (Å²) in [5, 5.41) is 1.37. The molecule has 4 aromatic rings. The molecule has 0 N–H and O–H groups in total. The number of para-hydroxylation sites is 1. The van der Waals surface area contributed by atoms with E-state index in [2.05, 4.69) is 115 Å². The Hall–Kier alpha value is -3.39. The molecule has 0 saturated heterocycles. The molecule has 0 bridgehead atoms. The van der Waals surface area contributed by atoms with Crippen LogP contribution in [0.2, 0.25) is 0 Å². The van der Waals surface area contributed by atoms with E-state index in [0.717, 1.165) is 19.4 Å². The molecule has 0 aliphatic heterocycles. The molecule has 0 amide bonds. The lowest BCUT2D eigenvalue weighted by atomic mass is 9.84. The predicted molar refractivity (Wildman–Crippen MR) is 131 cm³/mol. The first kappa shape index (κ1) is 19.6. The summed E-state index contributed by atoms with van der Waals surface area (Å²) in [6, 6.07) is 28.5. The summed E-state index contributed by atoms with van der Waals surface area (Å²) < 4.78 is 2.43. The first-order valence-electron chi connectivity index (χ1n) is 11.2. The summed E-state index contributed by atoms with van der Waals surface area (Å²) in [7, 11) is 4.17. The Balaban J connectivity index is 1.61. The van der Waals surface area contributed by atoms with Gasteiger partial charge in [-0.3, -0.25) is 0 Å². The summed E-state index contributed by atoms with van der Waals surface area (Å²) in [6.07, 6.45) is 8.28. The monoisotopic (exact) mass is 405 g/mol. The number of allylic oxidation sites excluding steroid dienone is 1. The van der Waals surface area contributed by atoms with Crippen molar-refractivity contribution in [1.82, 2.24) is 0 Å². The van der Waals surface area contributed by atoms with Crippen LogP contribution in [-0.4, -0.2) is 14.1 Å². The second-order valence-corrected chi connectivity index (χ2v) is 8.67. The van der Waals surface area contributed by atoms with Gasteiger partial charge >= 0.3 is 0 Å². The highest BCUT2D eigenvalue weighted by Gasteiger charge is 2.23. The summed E-state index contributed by atoms with van der Waals surface area (Å²) in [6.45, 7) is 0.902. The van der Waals surface area contributed by atoms with Crippen LogP contribution in [0.5, 0.6) is 0 Å². The van der Waals surface area contributed by atoms with Gasteiger partial charge in [0, 0.05) is 42.5 Å². The van der Waals surface area contributed by atoms with Crippen LogP contribution in [-0.2, 0) is 13.0 Å². The Morgan fingerprint density at radius 2 is 1.58 bits per heavy atom. The fourth-order valence-corrected chi connectivity index (χ4v) is 4.72. The molecule has 154 valence electrons. The van der Waals surface area contributed by atoms with Crippen molar-refractivity contribution in [1.29, 1.82) is 0 Å². The molecule has 0 radical (unpaired) electrons. The van der Waals surface area contributed by atoms with Gasteiger partial charge in [0.05, 0.1) is 5.39 Å². The summed E-state index contributed by atoms with van der Waals surface area (Å²) >= 11 is 0. The van der Waals surface area contributed by atoms with Crippen LogP contribution in [0.25, 0.3) is 22.6 Å². The maximum Gasteiger partial charge on any atom is 0.213 e. The van der Waals surface area contributed by atoms with Crippen molar-refractivity contribution in [2.45, 2.75) is 25.8 Å². The number of hydrogen-bond donors (Lipinski definition) is 0. The molecule has 1 heterocycles. The van der Waals surface area contributed by atoms with Crippen molar-refractivity contribution < 1.29 is 4.57 Å². The number of nitrogens with zero attached hydrogens (tertiary/aromatic N) is 2. The lowest BCUT2D eigenvalue weighted by Crippen LogP contribution is -2.36. The molecule has 2 heteroatoms. The van der Waals surface area contributed by atoms with Gasteiger partial charge in [0.1, 0.15) is 0 Å². The van der Waals surface area contributed by atoms with Crippen molar-refractivity contribution in [3.8, 4) is 0 Å². The van der Waals surface area contributed by atoms with Crippen molar-refractivity contribution in [3.05, 3.63) is 107 Å². The summed E-state index contributed by atoms with van der Waals surface area (Å²) in [4.78, 5) is 2.14. The predicted octanol–water partition coefficient (Wildman–Crippen LogP) is 6.12. The molecule has 0 unspecified atom stereocenters. The van der Waals surface area contributed by atoms with Gasteiger partial charge in [-0.1, -0.05) is 60.7 Å². The van der Waals surface area contributed by atoms with Crippen molar-refractivity contribution in [3.63, 3.8) is 0 Å². The Bertz CT molecular complexity index is 1240. The number of hydrogen-bond acceptors (Lipinski definition) is 1. The largest absolute Gasteiger partial charge is 0.378 e. The molecule has 0 atom stereocenters. The maximum absolute atomic E-state index is 2.43. The minimum absolute atomic E-state index is 0.902. The highest BCUT2D eigenvalue weighted by molar-refractivity contribution is 5.96. The topological polar surface area (TPSA) is 7.12 Å². The van der Waals surface area contributed by atoms with E-state index in [-0.39, 0.29) is 0 Å². The SMILES string of the molecule is CN(C)c1ccc(/C=C2/CCCc3c[n+](Cc4ccccc4)c4ccccc4c32)cc1. The zero-order chi connectivity index (χ0) is 21.2. The standard InChI is InChI=1S/C29H29N2/c1-30(2)26-17-15-22(16-18-26)19-24-11-8-12-25-21-31(20-23-9-4-3-5-10-23)28-14-7-6-13-27(28)29(24)25/h3-7,9-10,13-19,21H,8,11-12,20H2,1-2H3/q+1. The number of fused-ring (bicyclic) bond motifs is 3. The van der Waals surface area contributed by atoms with Crippen LogP contribution in [0.1, 0.15) is 35.1 Å². The second kappa shape index (κ2) is 8.39. The fraction of sp³-hybridized carbons (Fsp3) is 0.207. The molecule has 1 aliphatic rings. The van der Waals surface area contributed by atoms with E-state index in [1.54, 1.807) is 0 Å². The van der Waals surface area contributed by atoms with Gasteiger partial charge in [-0.2, -0.15) is 4.57 Å². The van der Waals surface area contributed by atoms with E-state index in [1.807, 2.05) is 0 Å². The third-order valence-electron chi connectivity index (χ3n) is 6.28. The Morgan fingerprint density at radius 3 is 2.35 bits per heavy atom. The maximum atomic E-state index is 2.43. The number of rotatable bonds is 4. The number of benzene rings is 3. The Morgan fingerprint density at radius 1 is 0.839 bits per heavy atom. The molecule has 2 nitrogen and oxygen atoms in total. The second-order valence-electron chi connectivity index (χ2n) is 8.67. The molecule has 0 spiro atoms. The van der Waals surface area contributed by atoms with E-state index < -0.39 is 0 Å². The van der Waals surface area contributed by atoms with Crippen molar-refractivity contribution >= 4 is 28.2 Å². The van der Waals surface area contributed by atoms with E-state index in [1.165, 1.54) is 50.8 Å². The third kappa shape index (κ3) is 3.98. The minimum Gasteiger partial charge on any atom is -0.378 e. The molecule has 1 aromatic heterocycles. The van der Waals surface area contributed by atoms with Crippen LogP contribution in [0.3, 0.4) is 0 Å². The van der Waals surface area contributed by atoms with E-state index in [0.29, 0.717) is 0 Å². The summed E-state index contributed by atoms with van der Waals surface area (Å²) in [5.74, 6) is 0. The highest BCUT2D eigenvalue weighted by Crippen LogP contribution is 2.36. The van der Waals surface area contributed by atoms with E-state index in [9.17, 15) is 0 Å². The van der Waals surface area contributed by atoms with Crippen molar-refractivity contribution in [2.24, 2.45) is 0 Å². The van der Waals surface area contributed by atoms with Crippen LogP contribution in [0, 0.1) is 0 Å². The molecule has 0 fully saturated rings. The Labute approximate surface area is 185 Å². The summed E-state index contributed by atoms with van der Waals surface area (Å²) in [5.41, 5.74) is 9.53. The van der Waals surface area contributed by atoms with Gasteiger partial charge in [-0.05, 0) is 48.6 Å².